The summed E-state index contributed by atoms with van der Waals surface area (Å²) in [6, 6.07) is 8.41. The Morgan fingerprint density at radius 2 is 1.91 bits per heavy atom. The van der Waals surface area contributed by atoms with Gasteiger partial charge in [0.15, 0.2) is 0 Å². The number of anilines is 3. The van der Waals surface area contributed by atoms with Gasteiger partial charge in [-0.2, -0.15) is 49.1 Å². The molecular formula is C31H47F3Li2N7O2S-3. The van der Waals surface area contributed by atoms with E-state index >= 15 is 0 Å². The number of unbranched alkanes of at least 4 members (excludes halogenated alkanes) is 2. The monoisotopic (exact) mass is 652 g/mol. The van der Waals surface area contributed by atoms with E-state index in [-0.39, 0.29) is 62.6 Å². The zero-order valence-corrected chi connectivity index (χ0v) is 28.7. The SMILES string of the molecule is O=S1(=O)NCCCN1CCCNc1nc(Nc2cc[c-]cc2C2CC2)ncc1C(F)(F)F.[CH2-]CN(C)CCC.[CH2-]C[CH-]C[CH2-].[Li+].[Li+]. The van der Waals surface area contributed by atoms with E-state index in [2.05, 4.69) is 71.0 Å². The third-order valence-electron chi connectivity index (χ3n) is 6.73. The number of benzene rings is 1. The summed E-state index contributed by atoms with van der Waals surface area (Å²) in [5.74, 6) is 0.129. The first-order valence-corrected chi connectivity index (χ1v) is 16.5. The molecule has 1 aliphatic heterocycles. The smallest absolute Gasteiger partial charge is 0.387 e. The molecule has 1 saturated heterocycles. The standard InChI is InChI=1S/C20H24F3N6O2S.C6H14N.C5H9.2Li/c21-20(22,23)16-13-25-19(27-17-6-2-1-5-15(17)14-7-8-14)28-18(16)24-9-3-11-29-12-4-10-26-32(29,30)31;1-4-6-7(3)5-2;1-3-5-4-2;;/h2,5-6,13-14,26H,3-4,7-12H2,(H2,24,25,27,28);2,4-6H2,1,3H3;5H,1-4H2;;/q2*-1;-3;2*+1. The van der Waals surface area contributed by atoms with Crippen LogP contribution in [0.1, 0.15) is 68.9 Å². The second-order valence-electron chi connectivity index (χ2n) is 10.5. The second kappa shape index (κ2) is 23.1. The van der Waals surface area contributed by atoms with Crippen molar-refractivity contribution in [2.75, 3.05) is 56.9 Å². The van der Waals surface area contributed by atoms with E-state index in [1.807, 2.05) is 12.5 Å². The Kier molecular flexibility index (Phi) is 22.5. The summed E-state index contributed by atoms with van der Waals surface area (Å²) >= 11 is 0. The Hall–Kier alpha value is -1.29. The van der Waals surface area contributed by atoms with Gasteiger partial charge in [0, 0.05) is 32.4 Å². The predicted octanol–water partition coefficient (Wildman–Crippen LogP) is 0.0681. The van der Waals surface area contributed by atoms with Gasteiger partial charge in [-0.15, -0.1) is 18.2 Å². The summed E-state index contributed by atoms with van der Waals surface area (Å²) in [6.07, 6.45) is 4.34. The first kappa shape index (κ1) is 44.7. The average molecular weight is 653 g/mol. The van der Waals surface area contributed by atoms with Crippen LogP contribution >= 0.6 is 0 Å². The van der Waals surface area contributed by atoms with Crippen molar-refractivity contribution in [2.45, 2.75) is 64.0 Å². The van der Waals surface area contributed by atoms with E-state index in [4.69, 9.17) is 0 Å². The summed E-state index contributed by atoms with van der Waals surface area (Å²) in [5.41, 5.74) is 0.820. The van der Waals surface area contributed by atoms with Crippen LogP contribution in [-0.2, 0) is 16.4 Å². The Labute approximate surface area is 299 Å². The summed E-state index contributed by atoms with van der Waals surface area (Å²) in [6.45, 7) is 16.3. The number of nitrogens with one attached hydrogen (secondary N) is 3. The minimum Gasteiger partial charge on any atom is -0.387 e. The molecular weight excluding hydrogens is 605 g/mol. The third kappa shape index (κ3) is 16.2. The normalized spacial score (nSPS) is 15.7. The first-order valence-electron chi connectivity index (χ1n) is 15.0. The molecule has 1 saturated carbocycles. The van der Waals surface area contributed by atoms with Crippen LogP contribution in [0.15, 0.2) is 24.4 Å². The summed E-state index contributed by atoms with van der Waals surface area (Å²) in [7, 11) is -1.43. The molecule has 250 valence electrons. The topological polar surface area (TPSA) is 102 Å². The number of rotatable bonds is 13. The number of hydrogen-bond acceptors (Lipinski definition) is 7. The van der Waals surface area contributed by atoms with Crippen molar-refractivity contribution in [3.63, 3.8) is 0 Å². The second-order valence-corrected chi connectivity index (χ2v) is 12.2. The molecule has 0 radical (unpaired) electrons. The zero-order valence-electron chi connectivity index (χ0n) is 27.9. The fourth-order valence-corrected chi connectivity index (χ4v) is 5.52. The molecule has 2 fully saturated rings. The maximum Gasteiger partial charge on any atom is 1.00 e. The van der Waals surface area contributed by atoms with Crippen LogP contribution in [0.5, 0.6) is 0 Å². The van der Waals surface area contributed by atoms with Crippen LogP contribution in [0.4, 0.5) is 30.6 Å². The van der Waals surface area contributed by atoms with Gasteiger partial charge in [-0.25, -0.2) is 9.71 Å². The van der Waals surface area contributed by atoms with Crippen molar-refractivity contribution in [1.82, 2.24) is 23.9 Å². The number of hydrogen-bond donors (Lipinski definition) is 3. The van der Waals surface area contributed by atoms with E-state index in [1.165, 1.54) is 17.3 Å². The predicted molar refractivity (Wildman–Crippen MR) is 171 cm³/mol. The van der Waals surface area contributed by atoms with Crippen LogP contribution in [-0.4, -0.2) is 73.9 Å². The maximum atomic E-state index is 13.4. The third-order valence-corrected chi connectivity index (χ3v) is 8.35. The Bertz CT molecular complexity index is 1220. The van der Waals surface area contributed by atoms with Gasteiger partial charge in [0.25, 0.3) is 10.2 Å². The molecule has 4 rings (SSSR count). The minimum absolute atomic E-state index is 0. The molecule has 0 amide bonds. The van der Waals surface area contributed by atoms with E-state index in [0.717, 1.165) is 49.7 Å². The van der Waals surface area contributed by atoms with Gasteiger partial charge in [-0.3, -0.25) is 0 Å². The van der Waals surface area contributed by atoms with Crippen molar-refractivity contribution in [2.24, 2.45) is 0 Å². The summed E-state index contributed by atoms with van der Waals surface area (Å²) < 4.78 is 68.0. The Morgan fingerprint density at radius 3 is 2.43 bits per heavy atom. The van der Waals surface area contributed by atoms with E-state index < -0.39 is 21.9 Å². The van der Waals surface area contributed by atoms with Gasteiger partial charge in [0.1, 0.15) is 11.4 Å². The summed E-state index contributed by atoms with van der Waals surface area (Å²) in [4.78, 5) is 10.1. The molecule has 0 atom stereocenters. The fourth-order valence-electron chi connectivity index (χ4n) is 4.19. The fraction of sp³-hybridized carbons (Fsp3) is 0.548. The molecule has 1 aliphatic carbocycles. The molecule has 2 aliphatic rings. The van der Waals surface area contributed by atoms with Gasteiger partial charge in [-0.1, -0.05) is 31.4 Å². The molecule has 9 nitrogen and oxygen atoms in total. The van der Waals surface area contributed by atoms with Crippen molar-refractivity contribution >= 4 is 27.7 Å². The molecule has 2 heterocycles. The molecule has 3 N–H and O–H groups in total. The van der Waals surface area contributed by atoms with E-state index in [0.29, 0.717) is 31.8 Å². The number of aromatic nitrogens is 2. The van der Waals surface area contributed by atoms with Crippen LogP contribution in [0.3, 0.4) is 0 Å². The molecule has 1 aromatic carbocycles. The van der Waals surface area contributed by atoms with Gasteiger partial charge < -0.3 is 55.6 Å². The van der Waals surface area contributed by atoms with Crippen molar-refractivity contribution in [3.8, 4) is 0 Å². The molecule has 2 aromatic rings. The van der Waals surface area contributed by atoms with E-state index in [9.17, 15) is 21.6 Å². The van der Waals surface area contributed by atoms with Gasteiger partial charge in [0.2, 0.25) is 5.95 Å². The molecule has 15 heteroatoms. The quantitative estimate of drug-likeness (QED) is 0.160. The Morgan fingerprint density at radius 1 is 1.22 bits per heavy atom. The number of halogens is 3. The van der Waals surface area contributed by atoms with Crippen LogP contribution in [0.25, 0.3) is 0 Å². The largest absolute Gasteiger partial charge is 1.00 e. The molecule has 0 unspecified atom stereocenters. The minimum atomic E-state index is -4.62. The Balaban J connectivity index is 0.00000124. The van der Waals surface area contributed by atoms with Gasteiger partial charge in [0.05, 0.1) is 0 Å². The van der Waals surface area contributed by atoms with Crippen molar-refractivity contribution < 1.29 is 59.3 Å². The van der Waals surface area contributed by atoms with Gasteiger partial charge in [-0.05, 0) is 32.9 Å². The average Bonchev–Trinajstić information content (AvgIpc) is 3.83. The number of nitrogens with zero attached hydrogens (tertiary/aromatic N) is 4. The molecule has 0 bridgehead atoms. The first-order chi connectivity index (χ1) is 21.0. The number of alkyl halides is 3. The molecule has 46 heavy (non-hydrogen) atoms. The van der Waals surface area contributed by atoms with Crippen LogP contribution in [0, 0.1) is 33.3 Å². The van der Waals surface area contributed by atoms with Gasteiger partial charge >= 0.3 is 43.9 Å². The van der Waals surface area contributed by atoms with E-state index in [1.54, 1.807) is 12.1 Å². The molecule has 0 spiro atoms. The van der Waals surface area contributed by atoms with Crippen LogP contribution in [0.2, 0.25) is 0 Å². The zero-order chi connectivity index (χ0) is 32.6. The van der Waals surface area contributed by atoms with Crippen molar-refractivity contribution in [1.29, 1.82) is 0 Å². The maximum absolute atomic E-state index is 13.4. The van der Waals surface area contributed by atoms with Crippen molar-refractivity contribution in [3.05, 3.63) is 68.8 Å². The van der Waals surface area contributed by atoms with Crippen LogP contribution < -0.4 is 53.1 Å². The summed E-state index contributed by atoms with van der Waals surface area (Å²) in [5, 5.41) is 5.72. The molecule has 1 aromatic heterocycles.